The van der Waals surface area contributed by atoms with Gasteiger partial charge in [-0.3, -0.25) is 14.9 Å². The van der Waals surface area contributed by atoms with Crippen molar-refractivity contribution in [3.8, 4) is 0 Å². The Morgan fingerprint density at radius 3 is 3.00 bits per heavy atom. The molecule has 0 unspecified atom stereocenters. The highest BCUT2D eigenvalue weighted by atomic mass is 32.1. The van der Waals surface area contributed by atoms with Crippen molar-refractivity contribution in [3.05, 3.63) is 27.1 Å². The van der Waals surface area contributed by atoms with Crippen molar-refractivity contribution in [1.29, 1.82) is 0 Å². The number of aliphatic hydroxyl groups is 1. The molecule has 0 saturated carbocycles. The minimum Gasteiger partial charge on any atom is -0.394 e. The largest absolute Gasteiger partial charge is 0.394 e. The van der Waals surface area contributed by atoms with Crippen molar-refractivity contribution in [3.63, 3.8) is 0 Å². The summed E-state index contributed by atoms with van der Waals surface area (Å²) in [5.41, 5.74) is 0. The number of nitro groups is 1. The van der Waals surface area contributed by atoms with Crippen molar-refractivity contribution in [2.24, 2.45) is 0 Å². The van der Waals surface area contributed by atoms with Gasteiger partial charge in [-0.25, -0.2) is 0 Å². The van der Waals surface area contributed by atoms with E-state index in [9.17, 15) is 14.9 Å². The average molecular weight is 256 g/mol. The van der Waals surface area contributed by atoms with Gasteiger partial charge in [-0.2, -0.15) is 0 Å². The summed E-state index contributed by atoms with van der Waals surface area (Å²) in [5, 5.41) is 19.6. The van der Waals surface area contributed by atoms with E-state index in [4.69, 9.17) is 5.11 Å². The molecule has 0 aromatic carbocycles. The lowest BCUT2D eigenvalue weighted by molar-refractivity contribution is -0.380. The van der Waals surface area contributed by atoms with Crippen LogP contribution in [0.2, 0.25) is 0 Å². The third-order valence-corrected chi connectivity index (χ3v) is 3.86. The summed E-state index contributed by atoms with van der Waals surface area (Å²) in [6.07, 6.45) is 1.65. The summed E-state index contributed by atoms with van der Waals surface area (Å²) < 4.78 is 0. The molecule has 6 nitrogen and oxygen atoms in total. The third-order valence-electron chi connectivity index (χ3n) is 2.83. The highest BCUT2D eigenvalue weighted by Gasteiger charge is 2.30. The summed E-state index contributed by atoms with van der Waals surface area (Å²) in [6.45, 7) is 0.551. The van der Waals surface area contributed by atoms with E-state index in [-0.39, 0.29) is 23.6 Å². The van der Waals surface area contributed by atoms with E-state index in [0.717, 1.165) is 24.2 Å². The molecule has 0 aliphatic carbocycles. The first-order valence-electron chi connectivity index (χ1n) is 5.29. The van der Waals surface area contributed by atoms with Gasteiger partial charge in [0.15, 0.2) is 0 Å². The van der Waals surface area contributed by atoms with Crippen LogP contribution in [-0.4, -0.2) is 40.0 Å². The van der Waals surface area contributed by atoms with Gasteiger partial charge in [0.2, 0.25) is 0 Å². The summed E-state index contributed by atoms with van der Waals surface area (Å²) in [4.78, 5) is 24.0. The second-order valence-corrected chi connectivity index (χ2v) is 4.93. The Kier molecular flexibility index (Phi) is 3.39. The number of carbonyl (C=O) groups is 1. The molecule has 1 atom stereocenters. The Labute approximate surface area is 102 Å². The van der Waals surface area contributed by atoms with Gasteiger partial charge in [-0.15, -0.1) is 0 Å². The van der Waals surface area contributed by atoms with Crippen LogP contribution in [-0.2, 0) is 0 Å². The highest BCUT2D eigenvalue weighted by Crippen LogP contribution is 2.27. The number of carbonyl (C=O) groups excluding carboxylic acids is 1. The Morgan fingerprint density at radius 1 is 1.65 bits per heavy atom. The summed E-state index contributed by atoms with van der Waals surface area (Å²) in [6, 6.07) is 2.66. The molecular formula is C10H12N2O4S. The summed E-state index contributed by atoms with van der Waals surface area (Å²) in [7, 11) is 0. The van der Waals surface area contributed by atoms with Crippen LogP contribution in [0.15, 0.2) is 12.1 Å². The Morgan fingerprint density at radius 2 is 2.41 bits per heavy atom. The highest BCUT2D eigenvalue weighted by molar-refractivity contribution is 7.17. The minimum absolute atomic E-state index is 0.0342. The molecular weight excluding hydrogens is 244 g/mol. The molecule has 1 saturated heterocycles. The number of nitrogens with zero attached hydrogens (tertiary/aromatic N) is 2. The molecule has 1 amide bonds. The first kappa shape index (κ1) is 12.0. The van der Waals surface area contributed by atoms with E-state index in [2.05, 4.69) is 0 Å². The Bertz CT molecular complexity index is 445. The summed E-state index contributed by atoms with van der Waals surface area (Å²) in [5.74, 6) is -0.223. The fourth-order valence-corrected chi connectivity index (χ4v) is 2.75. The van der Waals surface area contributed by atoms with Crippen LogP contribution in [0.25, 0.3) is 0 Å². The molecule has 92 valence electrons. The van der Waals surface area contributed by atoms with Gasteiger partial charge in [0, 0.05) is 12.6 Å². The molecule has 1 aliphatic heterocycles. The molecule has 0 bridgehead atoms. The number of amides is 1. The van der Waals surface area contributed by atoms with E-state index < -0.39 is 4.92 Å². The second kappa shape index (κ2) is 4.80. The maximum Gasteiger partial charge on any atom is 0.324 e. The van der Waals surface area contributed by atoms with Gasteiger partial charge < -0.3 is 10.0 Å². The van der Waals surface area contributed by atoms with E-state index in [1.807, 2.05) is 0 Å². The molecule has 1 N–H and O–H groups in total. The van der Waals surface area contributed by atoms with Crippen molar-refractivity contribution >= 4 is 22.2 Å². The third kappa shape index (κ3) is 2.29. The lowest BCUT2D eigenvalue weighted by Gasteiger charge is -2.21. The van der Waals surface area contributed by atoms with Crippen LogP contribution in [0, 0.1) is 10.1 Å². The molecule has 1 fully saturated rings. The quantitative estimate of drug-likeness (QED) is 0.651. The fraction of sp³-hybridized carbons (Fsp3) is 0.500. The van der Waals surface area contributed by atoms with Gasteiger partial charge in [0.25, 0.3) is 5.91 Å². The van der Waals surface area contributed by atoms with Gasteiger partial charge in [-0.1, -0.05) is 11.3 Å². The van der Waals surface area contributed by atoms with Crippen LogP contribution in [0.3, 0.4) is 0 Å². The topological polar surface area (TPSA) is 83.7 Å². The normalized spacial score (nSPS) is 19.6. The first-order valence-corrected chi connectivity index (χ1v) is 6.11. The number of rotatable bonds is 3. The van der Waals surface area contributed by atoms with Crippen molar-refractivity contribution in [1.82, 2.24) is 4.90 Å². The number of thiophene rings is 1. The van der Waals surface area contributed by atoms with E-state index in [0.29, 0.717) is 11.4 Å². The molecule has 7 heteroatoms. The van der Waals surface area contributed by atoms with Gasteiger partial charge in [0.1, 0.15) is 0 Å². The van der Waals surface area contributed by atoms with Crippen molar-refractivity contribution in [2.75, 3.05) is 13.2 Å². The van der Waals surface area contributed by atoms with Crippen molar-refractivity contribution < 1.29 is 14.8 Å². The predicted octanol–water partition coefficient (Wildman–Crippen LogP) is 1.25. The number of likely N-dealkylation sites (tertiary alicyclic amines) is 1. The van der Waals surface area contributed by atoms with Crippen LogP contribution < -0.4 is 0 Å². The lowest BCUT2D eigenvalue weighted by atomic mass is 10.2. The SMILES string of the molecule is O=C(c1ccc([N+](=O)[O-])s1)N1CCC[C@H]1CO. The van der Waals surface area contributed by atoms with Gasteiger partial charge >= 0.3 is 5.00 Å². The Balaban J connectivity index is 2.16. The maximum atomic E-state index is 12.1. The van der Waals surface area contributed by atoms with E-state index in [1.54, 1.807) is 4.90 Å². The zero-order valence-corrected chi connectivity index (χ0v) is 9.85. The van der Waals surface area contributed by atoms with Gasteiger partial charge in [-0.05, 0) is 18.9 Å². The van der Waals surface area contributed by atoms with Crippen LogP contribution >= 0.6 is 11.3 Å². The minimum atomic E-state index is -0.505. The molecule has 0 spiro atoms. The Hall–Kier alpha value is -1.47. The summed E-state index contributed by atoms with van der Waals surface area (Å²) >= 11 is 0.877. The molecule has 1 aromatic heterocycles. The number of hydrogen-bond donors (Lipinski definition) is 1. The second-order valence-electron chi connectivity index (χ2n) is 3.87. The van der Waals surface area contributed by atoms with E-state index in [1.165, 1.54) is 12.1 Å². The molecule has 0 radical (unpaired) electrons. The number of hydrogen-bond acceptors (Lipinski definition) is 5. The molecule has 2 heterocycles. The van der Waals surface area contributed by atoms with Crippen LogP contribution in [0.1, 0.15) is 22.5 Å². The predicted molar refractivity (Wildman–Crippen MR) is 62.1 cm³/mol. The fourth-order valence-electron chi connectivity index (χ4n) is 1.98. The zero-order valence-electron chi connectivity index (χ0n) is 9.04. The lowest BCUT2D eigenvalue weighted by Crippen LogP contribution is -2.37. The van der Waals surface area contributed by atoms with Crippen LogP contribution in [0.5, 0.6) is 0 Å². The van der Waals surface area contributed by atoms with Crippen molar-refractivity contribution in [2.45, 2.75) is 18.9 Å². The molecule has 17 heavy (non-hydrogen) atoms. The first-order chi connectivity index (χ1) is 8.13. The molecule has 2 rings (SSSR count). The molecule has 1 aliphatic rings. The number of aliphatic hydroxyl groups excluding tert-OH is 1. The van der Waals surface area contributed by atoms with Gasteiger partial charge in [0.05, 0.1) is 22.4 Å². The monoisotopic (exact) mass is 256 g/mol. The van der Waals surface area contributed by atoms with Crippen LogP contribution in [0.4, 0.5) is 5.00 Å². The average Bonchev–Trinajstić information content (AvgIpc) is 2.96. The standard InChI is InChI=1S/C10H12N2O4S/c13-6-7-2-1-5-11(7)10(14)8-3-4-9(17-8)12(15)16/h3-4,7,13H,1-2,5-6H2/t7-/m0/s1. The maximum absolute atomic E-state index is 12.1. The molecule has 1 aromatic rings. The van der Waals surface area contributed by atoms with E-state index >= 15 is 0 Å². The smallest absolute Gasteiger partial charge is 0.324 e. The zero-order chi connectivity index (χ0) is 12.4.